The van der Waals surface area contributed by atoms with Gasteiger partial charge in [0.25, 0.3) is 5.91 Å². The number of nitrogens with zero attached hydrogens (tertiary/aromatic N) is 3. The normalized spacial score (nSPS) is 17.6. The van der Waals surface area contributed by atoms with Crippen LogP contribution in [0.5, 0.6) is 0 Å². The Morgan fingerprint density at radius 2 is 1.81 bits per heavy atom. The van der Waals surface area contributed by atoms with E-state index in [0.29, 0.717) is 13.1 Å². The molecule has 0 unspecified atom stereocenters. The Bertz CT molecular complexity index is 953. The number of aryl methyl sites for hydroxylation is 3. The zero-order valence-electron chi connectivity index (χ0n) is 17.0. The molecule has 1 saturated heterocycles. The molecule has 0 bridgehead atoms. The van der Waals surface area contributed by atoms with E-state index in [-0.39, 0.29) is 5.91 Å². The number of aromatic nitrogens is 1. The second-order valence-corrected chi connectivity index (χ2v) is 7.86. The molecule has 1 aliphatic heterocycles. The predicted octanol–water partition coefficient (Wildman–Crippen LogP) is 5.02. The van der Waals surface area contributed by atoms with E-state index < -0.39 is 0 Å². The van der Waals surface area contributed by atoms with Crippen LogP contribution in [0.15, 0.2) is 34.2 Å². The Labute approximate surface area is 166 Å². The molecule has 1 amide bonds. The zero-order valence-corrected chi connectivity index (χ0v) is 17.8. The maximum atomic E-state index is 12.7. The van der Waals surface area contributed by atoms with Gasteiger partial charge in [-0.1, -0.05) is 6.07 Å². The second kappa shape index (κ2) is 7.77. The molecule has 0 atom stereocenters. The van der Waals surface area contributed by atoms with E-state index in [1.807, 2.05) is 19.9 Å². The van der Waals surface area contributed by atoms with Crippen molar-refractivity contribution < 1.29 is 4.79 Å². The minimum absolute atomic E-state index is 0.0469. The van der Waals surface area contributed by atoms with Gasteiger partial charge < -0.3 is 4.57 Å². The molecule has 142 valence electrons. The highest BCUT2D eigenvalue weighted by atomic mass is 32.2. The third-order valence-corrected chi connectivity index (χ3v) is 6.05. The highest BCUT2D eigenvalue weighted by Gasteiger charge is 2.32. The first kappa shape index (κ1) is 19.5. The molecule has 2 aromatic rings. The van der Waals surface area contributed by atoms with Crippen molar-refractivity contribution in [3.05, 3.63) is 57.2 Å². The van der Waals surface area contributed by atoms with Gasteiger partial charge in [-0.25, -0.2) is 0 Å². The number of carbonyl (C=O) groups is 1. The van der Waals surface area contributed by atoms with E-state index in [4.69, 9.17) is 0 Å². The van der Waals surface area contributed by atoms with Gasteiger partial charge in [-0.15, -0.1) is 0 Å². The fourth-order valence-corrected chi connectivity index (χ4v) is 4.47. The summed E-state index contributed by atoms with van der Waals surface area (Å²) in [7, 11) is 0. The fourth-order valence-electron chi connectivity index (χ4n) is 3.38. The molecular formula is C22H27N3OS. The molecule has 1 aliphatic rings. The van der Waals surface area contributed by atoms with Gasteiger partial charge in [-0.05, 0) is 94.3 Å². The van der Waals surface area contributed by atoms with Crippen molar-refractivity contribution in [2.75, 3.05) is 13.1 Å². The van der Waals surface area contributed by atoms with Gasteiger partial charge in [-0.3, -0.25) is 14.7 Å². The van der Waals surface area contributed by atoms with Gasteiger partial charge in [0.2, 0.25) is 0 Å². The van der Waals surface area contributed by atoms with Crippen LogP contribution in [0.25, 0.3) is 11.8 Å². The lowest BCUT2D eigenvalue weighted by molar-refractivity contribution is -0.122. The molecule has 0 spiro atoms. The maximum absolute atomic E-state index is 12.7. The Hall–Kier alpha value is -2.27. The lowest BCUT2D eigenvalue weighted by Crippen LogP contribution is -2.28. The van der Waals surface area contributed by atoms with Gasteiger partial charge in [0.1, 0.15) is 0 Å². The molecule has 0 saturated carbocycles. The number of benzene rings is 1. The maximum Gasteiger partial charge on any atom is 0.266 e. The number of aliphatic imine (C=N–C) groups is 1. The molecule has 0 N–H and O–H groups in total. The third-order valence-electron chi connectivity index (χ3n) is 5.00. The number of amidine groups is 1. The molecule has 2 heterocycles. The number of carbonyl (C=O) groups excluding carboxylic acids is 1. The van der Waals surface area contributed by atoms with Crippen LogP contribution in [0.1, 0.15) is 41.9 Å². The van der Waals surface area contributed by atoms with Gasteiger partial charge in [0, 0.05) is 30.2 Å². The summed E-state index contributed by atoms with van der Waals surface area (Å²) in [5.74, 6) is 0.0469. The molecule has 0 radical (unpaired) electrons. The van der Waals surface area contributed by atoms with Gasteiger partial charge in [-0.2, -0.15) is 0 Å². The topological polar surface area (TPSA) is 37.6 Å². The summed E-state index contributed by atoms with van der Waals surface area (Å²) in [5, 5.41) is 0.805. The van der Waals surface area contributed by atoms with E-state index in [9.17, 15) is 4.79 Å². The van der Waals surface area contributed by atoms with Gasteiger partial charge >= 0.3 is 0 Å². The average Bonchev–Trinajstić information content (AvgIpc) is 3.07. The largest absolute Gasteiger partial charge is 0.318 e. The number of hydrogen-bond acceptors (Lipinski definition) is 3. The summed E-state index contributed by atoms with van der Waals surface area (Å²) in [6.07, 6.45) is 2.01. The standard InChI is InChI=1S/C22H27N3OS/c1-7-23-22-24(8-2)21(26)20(27-22)13-18-12-16(5)25(17(18)6)19-10-9-14(3)15(4)11-19/h9-13H,7-8H2,1-6H3/b20-13-,23-22?. The van der Waals surface area contributed by atoms with E-state index in [0.717, 1.165) is 32.7 Å². The molecular weight excluding hydrogens is 354 g/mol. The SMILES string of the molecule is CCN=C1S/C(=C\c2cc(C)n(-c3ccc(C)c(C)c3)c2C)C(=O)N1CC. The number of hydrogen-bond donors (Lipinski definition) is 0. The third kappa shape index (κ3) is 3.61. The second-order valence-electron chi connectivity index (χ2n) is 6.85. The molecule has 3 rings (SSSR count). The Balaban J connectivity index is 2.02. The fraction of sp³-hybridized carbons (Fsp3) is 0.364. The Morgan fingerprint density at radius 3 is 2.44 bits per heavy atom. The molecule has 5 heteroatoms. The first-order chi connectivity index (χ1) is 12.9. The van der Waals surface area contributed by atoms with Crippen LogP contribution >= 0.6 is 11.8 Å². The van der Waals surface area contributed by atoms with Gasteiger partial charge in [0.05, 0.1) is 4.91 Å². The number of amides is 1. The summed E-state index contributed by atoms with van der Waals surface area (Å²) in [5.41, 5.74) is 7.11. The van der Waals surface area contributed by atoms with Crippen molar-refractivity contribution in [1.29, 1.82) is 0 Å². The Kier molecular flexibility index (Phi) is 5.61. The number of likely N-dealkylation sites (N-methyl/N-ethyl adjacent to an activating group) is 1. The van der Waals surface area contributed by atoms with E-state index >= 15 is 0 Å². The summed E-state index contributed by atoms with van der Waals surface area (Å²) in [4.78, 5) is 19.7. The van der Waals surface area contributed by atoms with E-state index in [2.05, 4.69) is 61.5 Å². The molecule has 1 aromatic heterocycles. The molecule has 4 nitrogen and oxygen atoms in total. The van der Waals surface area contributed by atoms with Crippen LogP contribution in [-0.2, 0) is 4.79 Å². The predicted molar refractivity (Wildman–Crippen MR) is 116 cm³/mol. The van der Waals surface area contributed by atoms with Crippen molar-refractivity contribution in [2.24, 2.45) is 4.99 Å². The lowest BCUT2D eigenvalue weighted by Gasteiger charge is -2.12. The smallest absolute Gasteiger partial charge is 0.266 e. The first-order valence-electron chi connectivity index (χ1n) is 9.39. The highest BCUT2D eigenvalue weighted by Crippen LogP contribution is 2.34. The van der Waals surface area contributed by atoms with Crippen LogP contribution < -0.4 is 0 Å². The quantitative estimate of drug-likeness (QED) is 0.697. The molecule has 0 aliphatic carbocycles. The zero-order chi connectivity index (χ0) is 19.7. The first-order valence-corrected chi connectivity index (χ1v) is 10.2. The van der Waals surface area contributed by atoms with Crippen LogP contribution in [0.3, 0.4) is 0 Å². The van der Waals surface area contributed by atoms with Crippen molar-refractivity contribution in [3.8, 4) is 5.69 Å². The minimum Gasteiger partial charge on any atom is -0.318 e. The van der Waals surface area contributed by atoms with Crippen molar-refractivity contribution in [2.45, 2.75) is 41.5 Å². The van der Waals surface area contributed by atoms with E-state index in [1.54, 1.807) is 4.90 Å². The van der Waals surface area contributed by atoms with E-state index in [1.165, 1.54) is 22.9 Å². The van der Waals surface area contributed by atoms with Crippen LogP contribution in [0.2, 0.25) is 0 Å². The number of rotatable bonds is 4. The van der Waals surface area contributed by atoms with Crippen LogP contribution in [0.4, 0.5) is 0 Å². The summed E-state index contributed by atoms with van der Waals surface area (Å²) in [6.45, 7) is 13.8. The summed E-state index contributed by atoms with van der Waals surface area (Å²) >= 11 is 1.47. The molecule has 27 heavy (non-hydrogen) atoms. The van der Waals surface area contributed by atoms with Crippen molar-refractivity contribution in [1.82, 2.24) is 9.47 Å². The molecule has 1 aromatic carbocycles. The van der Waals surface area contributed by atoms with Crippen LogP contribution in [0, 0.1) is 27.7 Å². The minimum atomic E-state index is 0.0469. The summed E-state index contributed by atoms with van der Waals surface area (Å²) < 4.78 is 2.25. The van der Waals surface area contributed by atoms with Crippen LogP contribution in [-0.4, -0.2) is 33.6 Å². The molecule has 1 fully saturated rings. The summed E-state index contributed by atoms with van der Waals surface area (Å²) in [6, 6.07) is 8.67. The lowest BCUT2D eigenvalue weighted by atomic mass is 10.1. The monoisotopic (exact) mass is 381 g/mol. The van der Waals surface area contributed by atoms with Crippen molar-refractivity contribution >= 4 is 28.9 Å². The van der Waals surface area contributed by atoms with Gasteiger partial charge in [0.15, 0.2) is 5.17 Å². The highest BCUT2D eigenvalue weighted by molar-refractivity contribution is 8.18. The average molecular weight is 382 g/mol. The van der Waals surface area contributed by atoms with Crippen molar-refractivity contribution in [3.63, 3.8) is 0 Å². The Morgan fingerprint density at radius 1 is 1.07 bits per heavy atom. The number of thioether (sulfide) groups is 1.